The summed E-state index contributed by atoms with van der Waals surface area (Å²) in [6.07, 6.45) is 0.591. The van der Waals surface area contributed by atoms with Crippen LogP contribution in [0.5, 0.6) is 5.75 Å². The van der Waals surface area contributed by atoms with E-state index in [0.29, 0.717) is 24.2 Å². The van der Waals surface area contributed by atoms with E-state index < -0.39 is 11.9 Å². The SMILES string of the molecule is [B][C@H](C[C@@H]1COc2ccccc21)NC(=O)[C@@H](C)c1ccccc1C(=O)N(C)C. The molecule has 1 aliphatic heterocycles. The number of ether oxygens (including phenoxy) is 1. The Morgan fingerprint density at radius 2 is 1.86 bits per heavy atom. The Morgan fingerprint density at radius 1 is 1.18 bits per heavy atom. The number of nitrogens with zero attached hydrogens (tertiary/aromatic N) is 1. The number of fused-ring (bicyclic) bond motifs is 1. The predicted molar refractivity (Wildman–Crippen MR) is 110 cm³/mol. The minimum absolute atomic E-state index is 0.126. The average Bonchev–Trinajstić information content (AvgIpc) is 3.09. The van der Waals surface area contributed by atoms with E-state index in [1.54, 1.807) is 33.2 Å². The van der Waals surface area contributed by atoms with Crippen molar-refractivity contribution in [1.29, 1.82) is 0 Å². The predicted octanol–water partition coefficient (Wildman–Crippen LogP) is 2.67. The molecule has 0 unspecified atom stereocenters. The molecule has 1 aliphatic rings. The van der Waals surface area contributed by atoms with Crippen LogP contribution >= 0.6 is 0 Å². The zero-order chi connectivity index (χ0) is 20.3. The van der Waals surface area contributed by atoms with Crippen LogP contribution in [0.3, 0.4) is 0 Å². The van der Waals surface area contributed by atoms with E-state index in [0.717, 1.165) is 11.3 Å². The summed E-state index contributed by atoms with van der Waals surface area (Å²) in [7, 11) is 9.60. The molecule has 0 saturated heterocycles. The average molecular weight is 376 g/mol. The summed E-state index contributed by atoms with van der Waals surface area (Å²) in [4.78, 5) is 26.7. The Bertz CT molecular complexity index is 868. The fourth-order valence-electron chi connectivity index (χ4n) is 3.55. The number of amides is 2. The lowest BCUT2D eigenvalue weighted by molar-refractivity contribution is -0.122. The van der Waals surface area contributed by atoms with Gasteiger partial charge in [-0.15, -0.1) is 0 Å². The number of carbonyl (C=O) groups is 2. The second kappa shape index (κ2) is 8.51. The van der Waals surface area contributed by atoms with Gasteiger partial charge in [-0.3, -0.25) is 9.59 Å². The second-order valence-electron chi connectivity index (χ2n) is 7.41. The molecule has 2 aromatic carbocycles. The zero-order valence-corrected chi connectivity index (χ0v) is 16.5. The van der Waals surface area contributed by atoms with Crippen LogP contribution in [-0.2, 0) is 4.79 Å². The maximum atomic E-state index is 12.8. The zero-order valence-electron chi connectivity index (χ0n) is 16.5. The lowest BCUT2D eigenvalue weighted by atomic mass is 9.83. The molecular weight excluding hydrogens is 351 g/mol. The van der Waals surface area contributed by atoms with Crippen molar-refractivity contribution in [3.8, 4) is 5.75 Å². The van der Waals surface area contributed by atoms with Crippen LogP contribution in [0.25, 0.3) is 0 Å². The van der Waals surface area contributed by atoms with Gasteiger partial charge in [-0.1, -0.05) is 36.4 Å². The van der Waals surface area contributed by atoms with Gasteiger partial charge in [-0.2, -0.15) is 0 Å². The number of hydrogen-bond acceptors (Lipinski definition) is 3. The maximum absolute atomic E-state index is 12.8. The molecular formula is C22H25BN2O3. The van der Waals surface area contributed by atoms with Crippen molar-refractivity contribution in [2.45, 2.75) is 31.1 Å². The summed E-state index contributed by atoms with van der Waals surface area (Å²) >= 11 is 0. The van der Waals surface area contributed by atoms with Crippen LogP contribution in [0.1, 0.15) is 46.7 Å². The first kappa shape index (κ1) is 20.0. The Morgan fingerprint density at radius 3 is 2.61 bits per heavy atom. The Balaban J connectivity index is 1.66. The van der Waals surface area contributed by atoms with Crippen molar-refractivity contribution in [2.24, 2.45) is 0 Å². The lowest BCUT2D eigenvalue weighted by Crippen LogP contribution is -2.39. The molecule has 6 heteroatoms. The number of para-hydroxylation sites is 1. The third-order valence-electron chi connectivity index (χ3n) is 5.12. The molecule has 3 rings (SSSR count). The van der Waals surface area contributed by atoms with Crippen LogP contribution in [0, 0.1) is 0 Å². The highest BCUT2D eigenvalue weighted by molar-refractivity contribution is 6.13. The van der Waals surface area contributed by atoms with Crippen molar-refractivity contribution in [3.63, 3.8) is 0 Å². The molecule has 0 spiro atoms. The summed E-state index contributed by atoms with van der Waals surface area (Å²) in [5.41, 5.74) is 2.35. The topological polar surface area (TPSA) is 58.6 Å². The van der Waals surface area contributed by atoms with Gasteiger partial charge in [0, 0.05) is 31.1 Å². The van der Waals surface area contributed by atoms with E-state index in [1.165, 1.54) is 4.90 Å². The summed E-state index contributed by atoms with van der Waals surface area (Å²) in [5, 5.41) is 2.89. The van der Waals surface area contributed by atoms with Crippen LogP contribution in [0.4, 0.5) is 0 Å². The molecule has 28 heavy (non-hydrogen) atoms. The molecule has 5 nitrogen and oxygen atoms in total. The van der Waals surface area contributed by atoms with E-state index in [9.17, 15) is 9.59 Å². The lowest BCUT2D eigenvalue weighted by Gasteiger charge is -2.22. The van der Waals surface area contributed by atoms with Gasteiger partial charge in [-0.25, -0.2) is 0 Å². The number of benzene rings is 2. The van der Waals surface area contributed by atoms with E-state index in [1.807, 2.05) is 36.4 Å². The first-order valence-electron chi connectivity index (χ1n) is 9.46. The van der Waals surface area contributed by atoms with Gasteiger partial charge in [0.25, 0.3) is 5.91 Å². The van der Waals surface area contributed by atoms with Gasteiger partial charge in [-0.05, 0) is 37.0 Å². The summed E-state index contributed by atoms with van der Waals surface area (Å²) in [5.74, 6) is -0.261. The Labute approximate surface area is 167 Å². The Kier molecular flexibility index (Phi) is 6.07. The van der Waals surface area contributed by atoms with Crippen molar-refractivity contribution in [3.05, 3.63) is 65.2 Å². The first-order valence-corrected chi connectivity index (χ1v) is 9.46. The molecule has 0 saturated carbocycles. The van der Waals surface area contributed by atoms with Crippen molar-refractivity contribution < 1.29 is 14.3 Å². The van der Waals surface area contributed by atoms with Crippen LogP contribution < -0.4 is 10.1 Å². The second-order valence-corrected chi connectivity index (χ2v) is 7.41. The van der Waals surface area contributed by atoms with E-state index in [-0.39, 0.29) is 17.7 Å². The van der Waals surface area contributed by atoms with Crippen molar-refractivity contribution >= 4 is 19.7 Å². The van der Waals surface area contributed by atoms with Gasteiger partial charge in [0.2, 0.25) is 5.91 Å². The quantitative estimate of drug-likeness (QED) is 0.789. The van der Waals surface area contributed by atoms with E-state index in [2.05, 4.69) is 5.32 Å². The number of rotatable bonds is 6. The summed E-state index contributed by atoms with van der Waals surface area (Å²) in [6.45, 7) is 2.36. The first-order chi connectivity index (χ1) is 13.4. The minimum atomic E-state index is -0.494. The van der Waals surface area contributed by atoms with E-state index in [4.69, 9.17) is 12.6 Å². The van der Waals surface area contributed by atoms with Crippen LogP contribution in [-0.4, -0.2) is 51.2 Å². The molecule has 1 N–H and O–H groups in total. The van der Waals surface area contributed by atoms with Gasteiger partial charge in [0.1, 0.15) is 5.75 Å². The smallest absolute Gasteiger partial charge is 0.253 e. The molecule has 1 heterocycles. The highest BCUT2D eigenvalue weighted by Crippen LogP contribution is 2.35. The van der Waals surface area contributed by atoms with Gasteiger partial charge < -0.3 is 15.0 Å². The molecule has 0 fully saturated rings. The molecule has 0 aromatic heterocycles. The molecule has 2 radical (unpaired) electrons. The molecule has 3 atom stereocenters. The van der Waals surface area contributed by atoms with E-state index >= 15 is 0 Å². The minimum Gasteiger partial charge on any atom is -0.493 e. The third-order valence-corrected chi connectivity index (χ3v) is 5.12. The standard InChI is InChI=1S/C22H25BN2O3/c1-14(16-8-4-5-10-18(16)22(27)25(2)3)21(26)24-20(23)12-15-13-28-19-11-7-6-9-17(15)19/h4-11,14-15,20H,12-13H2,1-3H3,(H,24,26)/t14-,15+,20-/m0/s1. The maximum Gasteiger partial charge on any atom is 0.253 e. The van der Waals surface area contributed by atoms with Gasteiger partial charge >= 0.3 is 0 Å². The fourth-order valence-corrected chi connectivity index (χ4v) is 3.55. The highest BCUT2D eigenvalue weighted by atomic mass is 16.5. The molecule has 2 amide bonds. The monoisotopic (exact) mass is 376 g/mol. The fraction of sp³-hybridized carbons (Fsp3) is 0.364. The number of nitrogens with one attached hydrogen (secondary N) is 1. The third kappa shape index (κ3) is 4.21. The van der Waals surface area contributed by atoms with Crippen LogP contribution in [0.2, 0.25) is 0 Å². The van der Waals surface area contributed by atoms with Crippen LogP contribution in [0.15, 0.2) is 48.5 Å². The number of hydrogen-bond donors (Lipinski definition) is 1. The molecule has 2 aromatic rings. The van der Waals surface area contributed by atoms with Gasteiger partial charge in [0.15, 0.2) is 0 Å². The van der Waals surface area contributed by atoms with Crippen molar-refractivity contribution in [2.75, 3.05) is 20.7 Å². The summed E-state index contributed by atoms with van der Waals surface area (Å²) in [6, 6.07) is 15.1. The molecule has 0 aliphatic carbocycles. The molecule has 144 valence electrons. The van der Waals surface area contributed by atoms with Gasteiger partial charge in [0.05, 0.1) is 20.4 Å². The number of carbonyl (C=O) groups excluding carboxylic acids is 2. The Hall–Kier alpha value is -2.76. The largest absolute Gasteiger partial charge is 0.493 e. The summed E-state index contributed by atoms with van der Waals surface area (Å²) < 4.78 is 5.69. The molecule has 0 bridgehead atoms. The normalized spacial score (nSPS) is 17.2. The van der Waals surface area contributed by atoms with Crippen molar-refractivity contribution in [1.82, 2.24) is 10.2 Å². The highest BCUT2D eigenvalue weighted by Gasteiger charge is 2.27.